The van der Waals surface area contributed by atoms with Gasteiger partial charge in [0, 0.05) is 6.04 Å². The minimum atomic E-state index is 0.342. The lowest BCUT2D eigenvalue weighted by Gasteiger charge is -2.24. The summed E-state index contributed by atoms with van der Waals surface area (Å²) in [5, 5.41) is 6.14. The first-order valence-corrected chi connectivity index (χ1v) is 7.57. The molecule has 0 radical (unpaired) electrons. The number of likely N-dealkylation sites (N-methyl/N-ethyl adjacent to an activating group) is 1. The van der Waals surface area contributed by atoms with Crippen molar-refractivity contribution in [1.82, 2.24) is 5.32 Å². The van der Waals surface area contributed by atoms with E-state index in [4.69, 9.17) is 4.74 Å². The van der Waals surface area contributed by atoms with Crippen LogP contribution in [-0.4, -0.2) is 25.3 Å². The van der Waals surface area contributed by atoms with E-state index in [-0.39, 0.29) is 0 Å². The van der Waals surface area contributed by atoms with Crippen LogP contribution in [0.3, 0.4) is 0 Å². The van der Waals surface area contributed by atoms with E-state index in [1.807, 2.05) is 7.05 Å². The van der Waals surface area contributed by atoms with Crippen molar-refractivity contribution in [2.45, 2.75) is 44.4 Å². The summed E-state index contributed by atoms with van der Waals surface area (Å²) in [4.78, 5) is 0. The molecule has 2 heteroatoms. The molecule has 2 nitrogen and oxygen atoms in total. The van der Waals surface area contributed by atoms with E-state index >= 15 is 0 Å². The molecule has 0 amide bonds. The van der Waals surface area contributed by atoms with Crippen molar-refractivity contribution in [3.8, 4) is 0 Å². The molecule has 0 aliphatic carbocycles. The first-order valence-electron chi connectivity index (χ1n) is 7.57. The second kappa shape index (κ2) is 5.94. The van der Waals surface area contributed by atoms with Crippen molar-refractivity contribution in [3.63, 3.8) is 0 Å². The Hall–Kier alpha value is -1.38. The standard InChI is InChI=1S/C18H23NO/c1-13-10-11-18(20-13)17(19-2)12-15-8-5-7-14-6-3-4-9-16(14)15/h3-9,13,17-19H,10-12H2,1-2H3. The van der Waals surface area contributed by atoms with Gasteiger partial charge in [0.2, 0.25) is 0 Å². The molecule has 0 saturated carbocycles. The van der Waals surface area contributed by atoms with Crippen molar-refractivity contribution in [1.29, 1.82) is 0 Å². The van der Waals surface area contributed by atoms with Crippen LogP contribution in [0, 0.1) is 0 Å². The summed E-state index contributed by atoms with van der Waals surface area (Å²) in [5.41, 5.74) is 1.41. The summed E-state index contributed by atoms with van der Waals surface area (Å²) in [7, 11) is 2.04. The number of rotatable bonds is 4. The molecule has 1 fully saturated rings. The number of hydrogen-bond donors (Lipinski definition) is 1. The monoisotopic (exact) mass is 269 g/mol. The Labute approximate surface area is 121 Å². The van der Waals surface area contributed by atoms with Gasteiger partial charge in [-0.3, -0.25) is 0 Å². The predicted octanol–water partition coefficient (Wildman–Crippen LogP) is 3.54. The number of ether oxygens (including phenoxy) is 1. The highest BCUT2D eigenvalue weighted by molar-refractivity contribution is 5.85. The molecule has 20 heavy (non-hydrogen) atoms. The fraction of sp³-hybridized carbons (Fsp3) is 0.444. The molecular weight excluding hydrogens is 246 g/mol. The van der Waals surface area contributed by atoms with Gasteiger partial charge in [-0.1, -0.05) is 42.5 Å². The maximum atomic E-state index is 6.04. The molecule has 2 aromatic rings. The quantitative estimate of drug-likeness (QED) is 0.916. The van der Waals surface area contributed by atoms with E-state index in [2.05, 4.69) is 54.7 Å². The topological polar surface area (TPSA) is 21.3 Å². The zero-order valence-corrected chi connectivity index (χ0v) is 12.3. The Morgan fingerprint density at radius 3 is 2.70 bits per heavy atom. The lowest BCUT2D eigenvalue weighted by Crippen LogP contribution is -2.39. The number of hydrogen-bond acceptors (Lipinski definition) is 2. The Morgan fingerprint density at radius 2 is 1.95 bits per heavy atom. The fourth-order valence-electron chi connectivity index (χ4n) is 3.26. The van der Waals surface area contributed by atoms with Crippen molar-refractivity contribution < 1.29 is 4.74 Å². The Kier molecular flexibility index (Phi) is 4.04. The summed E-state index contributed by atoms with van der Waals surface area (Å²) in [6, 6.07) is 15.6. The second-order valence-electron chi connectivity index (χ2n) is 5.80. The molecule has 1 N–H and O–H groups in total. The number of nitrogens with one attached hydrogen (secondary N) is 1. The van der Waals surface area contributed by atoms with Crippen molar-refractivity contribution in [2.75, 3.05) is 7.05 Å². The summed E-state index contributed by atoms with van der Waals surface area (Å²) in [5.74, 6) is 0. The van der Waals surface area contributed by atoms with E-state index in [1.165, 1.54) is 22.8 Å². The van der Waals surface area contributed by atoms with Gasteiger partial charge in [0.25, 0.3) is 0 Å². The second-order valence-corrected chi connectivity index (χ2v) is 5.80. The highest BCUT2D eigenvalue weighted by atomic mass is 16.5. The minimum absolute atomic E-state index is 0.342. The molecule has 0 aromatic heterocycles. The lowest BCUT2D eigenvalue weighted by molar-refractivity contribution is 0.0338. The van der Waals surface area contributed by atoms with Gasteiger partial charge >= 0.3 is 0 Å². The van der Waals surface area contributed by atoms with Crippen molar-refractivity contribution >= 4 is 10.8 Å². The fourth-order valence-corrected chi connectivity index (χ4v) is 3.26. The highest BCUT2D eigenvalue weighted by Crippen LogP contribution is 2.26. The summed E-state index contributed by atoms with van der Waals surface area (Å²) >= 11 is 0. The van der Waals surface area contributed by atoms with E-state index in [9.17, 15) is 0 Å². The molecule has 106 valence electrons. The van der Waals surface area contributed by atoms with Crippen LogP contribution in [0.15, 0.2) is 42.5 Å². The van der Waals surface area contributed by atoms with Crippen LogP contribution in [0.5, 0.6) is 0 Å². The third-order valence-corrected chi connectivity index (χ3v) is 4.40. The molecule has 0 spiro atoms. The molecule has 3 unspecified atom stereocenters. The van der Waals surface area contributed by atoms with E-state index in [0.29, 0.717) is 18.2 Å². The maximum Gasteiger partial charge on any atom is 0.0735 e. The Bertz CT molecular complexity index is 575. The van der Waals surface area contributed by atoms with Crippen LogP contribution >= 0.6 is 0 Å². The molecule has 1 aliphatic rings. The van der Waals surface area contributed by atoms with E-state index in [1.54, 1.807) is 0 Å². The zero-order valence-electron chi connectivity index (χ0n) is 12.3. The van der Waals surface area contributed by atoms with Gasteiger partial charge in [-0.05, 0) is 49.6 Å². The van der Waals surface area contributed by atoms with Crippen LogP contribution in [0.4, 0.5) is 0 Å². The molecule has 1 saturated heterocycles. The van der Waals surface area contributed by atoms with Crippen molar-refractivity contribution in [3.05, 3.63) is 48.0 Å². The molecule has 0 bridgehead atoms. The zero-order chi connectivity index (χ0) is 13.9. The van der Waals surface area contributed by atoms with E-state index in [0.717, 1.165) is 12.8 Å². The van der Waals surface area contributed by atoms with Gasteiger partial charge in [-0.2, -0.15) is 0 Å². The molecular formula is C18H23NO. The van der Waals surface area contributed by atoms with Gasteiger partial charge < -0.3 is 10.1 Å². The highest BCUT2D eigenvalue weighted by Gasteiger charge is 2.28. The smallest absolute Gasteiger partial charge is 0.0735 e. The first-order chi connectivity index (χ1) is 9.78. The van der Waals surface area contributed by atoms with Crippen LogP contribution in [0.1, 0.15) is 25.3 Å². The summed E-state index contributed by atoms with van der Waals surface area (Å²) < 4.78 is 6.04. The summed E-state index contributed by atoms with van der Waals surface area (Å²) in [6.07, 6.45) is 4.11. The van der Waals surface area contributed by atoms with Crippen LogP contribution in [-0.2, 0) is 11.2 Å². The van der Waals surface area contributed by atoms with Gasteiger partial charge in [0.1, 0.15) is 0 Å². The molecule has 1 aliphatic heterocycles. The van der Waals surface area contributed by atoms with Crippen molar-refractivity contribution in [2.24, 2.45) is 0 Å². The SMILES string of the molecule is CNC(Cc1cccc2ccccc12)C1CCC(C)O1. The third kappa shape index (κ3) is 2.72. The Balaban J connectivity index is 1.84. The van der Waals surface area contributed by atoms with E-state index < -0.39 is 0 Å². The predicted molar refractivity (Wildman–Crippen MR) is 84.1 cm³/mol. The van der Waals surface area contributed by atoms with Gasteiger partial charge in [0.15, 0.2) is 0 Å². The van der Waals surface area contributed by atoms with Gasteiger partial charge in [0.05, 0.1) is 12.2 Å². The molecule has 3 rings (SSSR count). The molecule has 1 heterocycles. The van der Waals surface area contributed by atoms with Crippen LogP contribution in [0.25, 0.3) is 10.8 Å². The molecule has 2 aromatic carbocycles. The average Bonchev–Trinajstić information content (AvgIpc) is 2.91. The third-order valence-electron chi connectivity index (χ3n) is 4.40. The normalized spacial score (nSPS) is 24.1. The molecule has 3 atom stereocenters. The number of fused-ring (bicyclic) bond motifs is 1. The summed E-state index contributed by atoms with van der Waals surface area (Å²) in [6.45, 7) is 2.17. The maximum absolute atomic E-state index is 6.04. The van der Waals surface area contributed by atoms with Gasteiger partial charge in [-0.15, -0.1) is 0 Å². The lowest BCUT2D eigenvalue weighted by atomic mass is 9.95. The largest absolute Gasteiger partial charge is 0.374 e. The average molecular weight is 269 g/mol. The minimum Gasteiger partial charge on any atom is -0.374 e. The first kappa shape index (κ1) is 13.6. The Morgan fingerprint density at radius 1 is 1.15 bits per heavy atom. The number of benzene rings is 2. The van der Waals surface area contributed by atoms with Crippen LogP contribution in [0.2, 0.25) is 0 Å². The van der Waals surface area contributed by atoms with Crippen LogP contribution < -0.4 is 5.32 Å². The van der Waals surface area contributed by atoms with Gasteiger partial charge in [-0.25, -0.2) is 0 Å².